The molecular weight excluding hydrogens is 266 g/mol. The predicted molar refractivity (Wildman–Crippen MR) is 72.8 cm³/mol. The molecule has 1 amide bonds. The Morgan fingerprint density at radius 3 is 2.84 bits per heavy atom. The number of rotatable bonds is 4. The van der Waals surface area contributed by atoms with Crippen LogP contribution in [-0.4, -0.2) is 36.8 Å². The number of Topliss-reactive ketones (excluding diaryl/α,β-unsaturated/α-hetero) is 1. The fourth-order valence-corrected chi connectivity index (χ4v) is 2.39. The zero-order valence-electron chi connectivity index (χ0n) is 10.8. The predicted octanol–water partition coefficient (Wildman–Crippen LogP) is 2.54. The number of ketones is 1. The van der Waals surface area contributed by atoms with Gasteiger partial charge in [0.2, 0.25) is 5.91 Å². The first-order valence-corrected chi connectivity index (χ1v) is 6.64. The van der Waals surface area contributed by atoms with Crippen LogP contribution in [0.4, 0.5) is 0 Å². The van der Waals surface area contributed by atoms with Gasteiger partial charge in [0.15, 0.2) is 5.78 Å². The van der Waals surface area contributed by atoms with Crippen LogP contribution in [0, 0.1) is 0 Å². The molecule has 1 fully saturated rings. The van der Waals surface area contributed by atoms with E-state index in [0.717, 1.165) is 12.8 Å². The molecule has 19 heavy (non-hydrogen) atoms. The van der Waals surface area contributed by atoms with E-state index in [1.165, 1.54) is 7.11 Å². The van der Waals surface area contributed by atoms with Gasteiger partial charge in [0.05, 0.1) is 18.7 Å². The Bertz CT molecular complexity index is 501. The van der Waals surface area contributed by atoms with E-state index in [-0.39, 0.29) is 18.2 Å². The van der Waals surface area contributed by atoms with Gasteiger partial charge >= 0.3 is 0 Å². The Kier molecular flexibility index (Phi) is 4.43. The molecule has 1 saturated heterocycles. The maximum absolute atomic E-state index is 12.1. The average molecular weight is 282 g/mol. The number of carbonyl (C=O) groups excluding carboxylic acids is 2. The van der Waals surface area contributed by atoms with Crippen molar-refractivity contribution >= 4 is 23.3 Å². The third-order valence-corrected chi connectivity index (χ3v) is 3.52. The molecule has 4 nitrogen and oxygen atoms in total. The van der Waals surface area contributed by atoms with E-state index < -0.39 is 0 Å². The van der Waals surface area contributed by atoms with E-state index in [2.05, 4.69) is 0 Å². The number of piperidine rings is 1. The summed E-state index contributed by atoms with van der Waals surface area (Å²) in [5, 5.41) is 0.401. The quantitative estimate of drug-likeness (QED) is 0.797. The fourth-order valence-electron chi connectivity index (χ4n) is 2.13. The van der Waals surface area contributed by atoms with Crippen molar-refractivity contribution in [3.8, 4) is 5.75 Å². The molecule has 0 radical (unpaired) electrons. The van der Waals surface area contributed by atoms with Crippen LogP contribution in [0.2, 0.25) is 5.02 Å². The molecule has 0 unspecified atom stereocenters. The van der Waals surface area contributed by atoms with Crippen LogP contribution in [0.25, 0.3) is 0 Å². The van der Waals surface area contributed by atoms with Gasteiger partial charge in [-0.2, -0.15) is 0 Å². The lowest BCUT2D eigenvalue weighted by molar-refractivity contribution is -0.132. The number of carbonyl (C=O) groups is 2. The lowest BCUT2D eigenvalue weighted by Crippen LogP contribution is -2.39. The van der Waals surface area contributed by atoms with Crippen molar-refractivity contribution in [1.29, 1.82) is 0 Å². The molecule has 0 aromatic heterocycles. The monoisotopic (exact) mass is 281 g/mol. The zero-order chi connectivity index (χ0) is 13.8. The number of amides is 1. The molecule has 0 spiro atoms. The van der Waals surface area contributed by atoms with E-state index in [0.29, 0.717) is 29.3 Å². The van der Waals surface area contributed by atoms with Gasteiger partial charge in [0.25, 0.3) is 0 Å². The van der Waals surface area contributed by atoms with Gasteiger partial charge in [-0.25, -0.2) is 0 Å². The normalized spacial score (nSPS) is 15.5. The van der Waals surface area contributed by atoms with Gasteiger partial charge in [-0.3, -0.25) is 9.59 Å². The summed E-state index contributed by atoms with van der Waals surface area (Å²) in [6, 6.07) is 4.91. The highest BCUT2D eigenvalue weighted by atomic mass is 35.5. The standard InChI is InChI=1S/C14H16ClNO3/c1-19-13-6-5-10(8-11(13)15)12(17)9-16-7-3-2-4-14(16)18/h5-6,8H,2-4,7,9H2,1H3. The SMILES string of the molecule is COc1ccc(C(=O)CN2CCCCC2=O)cc1Cl. The van der Waals surface area contributed by atoms with Crippen LogP contribution < -0.4 is 4.74 Å². The van der Waals surface area contributed by atoms with E-state index in [1.807, 2.05) is 0 Å². The van der Waals surface area contributed by atoms with Crippen LogP contribution in [0.5, 0.6) is 5.75 Å². The summed E-state index contributed by atoms with van der Waals surface area (Å²) in [6.45, 7) is 0.788. The van der Waals surface area contributed by atoms with Crippen molar-refractivity contribution < 1.29 is 14.3 Å². The molecule has 5 heteroatoms. The second-order valence-corrected chi connectivity index (χ2v) is 4.95. The molecule has 1 aromatic carbocycles. The highest BCUT2D eigenvalue weighted by Crippen LogP contribution is 2.25. The van der Waals surface area contributed by atoms with E-state index in [1.54, 1.807) is 23.1 Å². The molecule has 1 aliphatic rings. The second kappa shape index (κ2) is 6.06. The van der Waals surface area contributed by atoms with Crippen LogP contribution >= 0.6 is 11.6 Å². The van der Waals surface area contributed by atoms with Gasteiger partial charge in [-0.15, -0.1) is 0 Å². The summed E-state index contributed by atoms with van der Waals surface area (Å²) >= 11 is 5.99. The Hall–Kier alpha value is -1.55. The Labute approximate surface area is 117 Å². The van der Waals surface area contributed by atoms with Crippen molar-refractivity contribution in [2.75, 3.05) is 20.2 Å². The number of likely N-dealkylation sites (tertiary alicyclic amines) is 1. The van der Waals surface area contributed by atoms with Crippen molar-refractivity contribution in [1.82, 2.24) is 4.90 Å². The first kappa shape index (κ1) is 13.9. The zero-order valence-corrected chi connectivity index (χ0v) is 11.6. The molecule has 0 bridgehead atoms. The van der Waals surface area contributed by atoms with Gasteiger partial charge < -0.3 is 9.64 Å². The van der Waals surface area contributed by atoms with Gasteiger partial charge in [-0.1, -0.05) is 11.6 Å². The number of ether oxygens (including phenoxy) is 1. The number of methoxy groups -OCH3 is 1. The van der Waals surface area contributed by atoms with Crippen LogP contribution in [0.1, 0.15) is 29.6 Å². The van der Waals surface area contributed by atoms with E-state index >= 15 is 0 Å². The summed E-state index contributed by atoms with van der Waals surface area (Å²) in [4.78, 5) is 25.4. The molecule has 2 rings (SSSR count). The van der Waals surface area contributed by atoms with Gasteiger partial charge in [-0.05, 0) is 31.0 Å². The molecule has 0 saturated carbocycles. The first-order valence-electron chi connectivity index (χ1n) is 6.26. The van der Waals surface area contributed by atoms with Crippen LogP contribution in [0.3, 0.4) is 0 Å². The van der Waals surface area contributed by atoms with Crippen molar-refractivity contribution in [3.63, 3.8) is 0 Å². The summed E-state index contributed by atoms with van der Waals surface area (Å²) in [5.41, 5.74) is 0.504. The molecule has 1 aliphatic heterocycles. The number of halogens is 1. The number of hydrogen-bond donors (Lipinski definition) is 0. The van der Waals surface area contributed by atoms with Crippen LogP contribution in [-0.2, 0) is 4.79 Å². The smallest absolute Gasteiger partial charge is 0.222 e. The third kappa shape index (κ3) is 3.26. The van der Waals surface area contributed by atoms with Crippen molar-refractivity contribution in [2.45, 2.75) is 19.3 Å². The Balaban J connectivity index is 2.07. The van der Waals surface area contributed by atoms with Crippen molar-refractivity contribution in [3.05, 3.63) is 28.8 Å². The molecule has 0 atom stereocenters. The molecule has 0 N–H and O–H groups in total. The highest BCUT2D eigenvalue weighted by molar-refractivity contribution is 6.32. The van der Waals surface area contributed by atoms with Crippen molar-refractivity contribution in [2.24, 2.45) is 0 Å². The van der Waals surface area contributed by atoms with Gasteiger partial charge in [0, 0.05) is 18.5 Å². The van der Waals surface area contributed by atoms with E-state index in [9.17, 15) is 9.59 Å². The minimum atomic E-state index is -0.0974. The first-order chi connectivity index (χ1) is 9.11. The minimum Gasteiger partial charge on any atom is -0.495 e. The molecule has 1 heterocycles. The highest BCUT2D eigenvalue weighted by Gasteiger charge is 2.21. The van der Waals surface area contributed by atoms with Crippen LogP contribution in [0.15, 0.2) is 18.2 Å². The summed E-state index contributed by atoms with van der Waals surface area (Å²) < 4.78 is 5.04. The largest absolute Gasteiger partial charge is 0.495 e. The number of hydrogen-bond acceptors (Lipinski definition) is 3. The Morgan fingerprint density at radius 1 is 1.42 bits per heavy atom. The third-order valence-electron chi connectivity index (χ3n) is 3.23. The number of nitrogens with zero attached hydrogens (tertiary/aromatic N) is 1. The summed E-state index contributed by atoms with van der Waals surface area (Å²) in [7, 11) is 1.52. The van der Waals surface area contributed by atoms with E-state index in [4.69, 9.17) is 16.3 Å². The average Bonchev–Trinajstić information content (AvgIpc) is 2.41. The molecule has 0 aliphatic carbocycles. The summed E-state index contributed by atoms with van der Waals surface area (Å²) in [5.74, 6) is 0.492. The maximum atomic E-state index is 12.1. The topological polar surface area (TPSA) is 46.6 Å². The molecule has 1 aromatic rings. The maximum Gasteiger partial charge on any atom is 0.222 e. The molecule has 102 valence electrons. The van der Waals surface area contributed by atoms with Gasteiger partial charge in [0.1, 0.15) is 5.75 Å². The fraction of sp³-hybridized carbons (Fsp3) is 0.429. The number of benzene rings is 1. The lowest BCUT2D eigenvalue weighted by atomic mass is 10.1. The lowest BCUT2D eigenvalue weighted by Gasteiger charge is -2.25. The Morgan fingerprint density at radius 2 is 2.21 bits per heavy atom. The minimum absolute atomic E-state index is 0.0548. The molecular formula is C14H16ClNO3. The second-order valence-electron chi connectivity index (χ2n) is 4.54. The summed E-state index contributed by atoms with van der Waals surface area (Å²) in [6.07, 6.45) is 2.41.